The predicted octanol–water partition coefficient (Wildman–Crippen LogP) is 2.50. The molecule has 1 aromatic rings. The molecule has 0 aliphatic carbocycles. The molecule has 1 aromatic carbocycles. The van der Waals surface area contributed by atoms with E-state index in [1.807, 2.05) is 12.1 Å². The normalized spacial score (nSPS) is 20.6. The van der Waals surface area contributed by atoms with Crippen LogP contribution in [0, 0.1) is 11.3 Å². The first-order valence-electron chi connectivity index (χ1n) is 9.54. The van der Waals surface area contributed by atoms with E-state index in [2.05, 4.69) is 27.7 Å². The molecule has 8 heteroatoms. The second-order valence-corrected chi connectivity index (χ2v) is 7.48. The van der Waals surface area contributed by atoms with E-state index in [0.29, 0.717) is 12.5 Å². The number of hydrogen-bond acceptors (Lipinski definition) is 5. The Balaban J connectivity index is 0.00000196. The van der Waals surface area contributed by atoms with Gasteiger partial charge in [0.2, 0.25) is 5.91 Å². The SMILES string of the molecule is COCC1(C(=O)NCC2CCN(c3cccc(OC)c3)C2)CCNCC1.Cl.Cl. The number of carbonyl (C=O) groups is 1. The Morgan fingerprint density at radius 2 is 2.04 bits per heavy atom. The minimum absolute atomic E-state index is 0. The molecular formula is C20H33Cl2N3O3. The number of anilines is 1. The molecule has 160 valence electrons. The fourth-order valence-electron chi connectivity index (χ4n) is 4.08. The van der Waals surface area contributed by atoms with Gasteiger partial charge in [0.05, 0.1) is 19.1 Å². The zero-order valence-electron chi connectivity index (χ0n) is 16.7. The number of carbonyl (C=O) groups excluding carboxylic acids is 1. The number of amides is 1. The number of methoxy groups -OCH3 is 2. The summed E-state index contributed by atoms with van der Waals surface area (Å²) in [5.74, 6) is 1.51. The highest BCUT2D eigenvalue weighted by molar-refractivity contribution is 5.85. The monoisotopic (exact) mass is 433 g/mol. The van der Waals surface area contributed by atoms with Gasteiger partial charge < -0.3 is 25.0 Å². The highest BCUT2D eigenvalue weighted by Gasteiger charge is 2.39. The highest BCUT2D eigenvalue weighted by Crippen LogP contribution is 2.30. The van der Waals surface area contributed by atoms with Gasteiger partial charge in [-0.05, 0) is 50.4 Å². The molecule has 0 saturated carbocycles. The number of benzene rings is 1. The molecule has 0 aromatic heterocycles. The van der Waals surface area contributed by atoms with Gasteiger partial charge in [-0.1, -0.05) is 6.07 Å². The fourth-order valence-corrected chi connectivity index (χ4v) is 4.08. The van der Waals surface area contributed by atoms with Crippen LogP contribution in [0.2, 0.25) is 0 Å². The molecule has 2 heterocycles. The van der Waals surface area contributed by atoms with Crippen LogP contribution in [0.3, 0.4) is 0 Å². The van der Waals surface area contributed by atoms with E-state index >= 15 is 0 Å². The quantitative estimate of drug-likeness (QED) is 0.691. The lowest BCUT2D eigenvalue weighted by atomic mass is 9.78. The molecule has 1 amide bonds. The van der Waals surface area contributed by atoms with Gasteiger partial charge in [-0.3, -0.25) is 4.79 Å². The molecule has 1 unspecified atom stereocenters. The van der Waals surface area contributed by atoms with Crippen LogP contribution in [0.5, 0.6) is 5.75 Å². The first-order valence-corrected chi connectivity index (χ1v) is 9.54. The number of nitrogens with one attached hydrogen (secondary N) is 2. The van der Waals surface area contributed by atoms with Crippen LogP contribution in [0.4, 0.5) is 5.69 Å². The van der Waals surface area contributed by atoms with E-state index in [1.54, 1.807) is 14.2 Å². The van der Waals surface area contributed by atoms with E-state index in [-0.39, 0.29) is 36.1 Å². The van der Waals surface area contributed by atoms with E-state index in [9.17, 15) is 4.79 Å². The molecule has 2 saturated heterocycles. The zero-order chi connectivity index (χ0) is 18.4. The van der Waals surface area contributed by atoms with E-state index < -0.39 is 0 Å². The number of nitrogens with zero attached hydrogens (tertiary/aromatic N) is 1. The largest absolute Gasteiger partial charge is 0.497 e. The summed E-state index contributed by atoms with van der Waals surface area (Å²) < 4.78 is 10.7. The van der Waals surface area contributed by atoms with Gasteiger partial charge in [0.15, 0.2) is 0 Å². The van der Waals surface area contributed by atoms with Crippen molar-refractivity contribution in [3.63, 3.8) is 0 Å². The average molecular weight is 434 g/mol. The number of ether oxygens (including phenoxy) is 2. The second kappa shape index (κ2) is 11.7. The lowest BCUT2D eigenvalue weighted by Gasteiger charge is -2.35. The molecule has 0 bridgehead atoms. The summed E-state index contributed by atoms with van der Waals surface area (Å²) in [6.45, 7) is 4.97. The number of rotatable bonds is 7. The van der Waals surface area contributed by atoms with Crippen molar-refractivity contribution in [3.05, 3.63) is 24.3 Å². The molecule has 6 nitrogen and oxygen atoms in total. The van der Waals surface area contributed by atoms with Crippen molar-refractivity contribution in [2.75, 3.05) is 58.5 Å². The molecule has 2 fully saturated rings. The Labute approximate surface area is 180 Å². The third kappa shape index (κ3) is 5.89. The van der Waals surface area contributed by atoms with Crippen molar-refractivity contribution in [2.24, 2.45) is 11.3 Å². The van der Waals surface area contributed by atoms with Crippen molar-refractivity contribution in [2.45, 2.75) is 19.3 Å². The molecule has 0 radical (unpaired) electrons. The van der Waals surface area contributed by atoms with E-state index in [4.69, 9.17) is 9.47 Å². The van der Waals surface area contributed by atoms with Crippen LogP contribution in [-0.4, -0.2) is 59.5 Å². The predicted molar refractivity (Wildman–Crippen MR) is 117 cm³/mol. The van der Waals surface area contributed by atoms with Crippen molar-refractivity contribution < 1.29 is 14.3 Å². The van der Waals surface area contributed by atoms with Crippen molar-refractivity contribution in [1.29, 1.82) is 0 Å². The zero-order valence-corrected chi connectivity index (χ0v) is 18.4. The summed E-state index contributed by atoms with van der Waals surface area (Å²) in [4.78, 5) is 15.2. The first kappa shape index (κ1) is 24.8. The second-order valence-electron chi connectivity index (χ2n) is 7.48. The molecule has 1 atom stereocenters. The molecule has 2 aliphatic rings. The summed E-state index contributed by atoms with van der Waals surface area (Å²) in [5, 5.41) is 6.55. The maximum absolute atomic E-state index is 12.9. The third-order valence-corrected chi connectivity index (χ3v) is 5.72. The minimum atomic E-state index is -0.370. The summed E-state index contributed by atoms with van der Waals surface area (Å²) >= 11 is 0. The minimum Gasteiger partial charge on any atom is -0.497 e. The van der Waals surface area contributed by atoms with Gasteiger partial charge >= 0.3 is 0 Å². The van der Waals surface area contributed by atoms with Crippen LogP contribution < -0.4 is 20.3 Å². The smallest absolute Gasteiger partial charge is 0.228 e. The first-order chi connectivity index (χ1) is 12.7. The molecule has 2 N–H and O–H groups in total. The molecule has 2 aliphatic heterocycles. The standard InChI is InChI=1S/C20H31N3O3.2ClH/c1-25-15-20(7-9-21-10-8-20)19(24)22-13-16-6-11-23(14-16)17-4-3-5-18(12-17)26-2;;/h3-5,12,16,21H,6-11,13-15H2,1-2H3,(H,22,24);2*1H. The lowest BCUT2D eigenvalue weighted by Crippen LogP contribution is -2.51. The number of hydrogen-bond donors (Lipinski definition) is 2. The van der Waals surface area contributed by atoms with Gasteiger partial charge in [0.1, 0.15) is 5.75 Å². The van der Waals surface area contributed by atoms with E-state index in [1.165, 1.54) is 5.69 Å². The van der Waals surface area contributed by atoms with Crippen LogP contribution in [0.15, 0.2) is 24.3 Å². The van der Waals surface area contributed by atoms with Crippen LogP contribution in [0.1, 0.15) is 19.3 Å². The molecular weight excluding hydrogens is 401 g/mol. The van der Waals surface area contributed by atoms with Crippen molar-refractivity contribution >= 4 is 36.4 Å². The molecule has 3 rings (SSSR count). The van der Waals surface area contributed by atoms with Gasteiger partial charge in [-0.2, -0.15) is 0 Å². The Morgan fingerprint density at radius 1 is 1.29 bits per heavy atom. The Kier molecular flexibility index (Phi) is 10.4. The van der Waals surface area contributed by atoms with Crippen molar-refractivity contribution in [1.82, 2.24) is 10.6 Å². The maximum Gasteiger partial charge on any atom is 0.228 e. The topological polar surface area (TPSA) is 62.8 Å². The summed E-state index contributed by atoms with van der Waals surface area (Å²) in [6.07, 6.45) is 2.77. The number of piperidine rings is 1. The van der Waals surface area contributed by atoms with Crippen molar-refractivity contribution in [3.8, 4) is 5.75 Å². The lowest BCUT2D eigenvalue weighted by molar-refractivity contribution is -0.136. The maximum atomic E-state index is 12.9. The van der Waals surface area contributed by atoms with Crippen LogP contribution >= 0.6 is 24.8 Å². The number of halogens is 2. The van der Waals surface area contributed by atoms with Gasteiger partial charge in [0, 0.05) is 38.5 Å². The van der Waals surface area contributed by atoms with Gasteiger partial charge in [0.25, 0.3) is 0 Å². The molecule has 0 spiro atoms. The van der Waals surface area contributed by atoms with Crippen LogP contribution in [0.25, 0.3) is 0 Å². The Hall–Kier alpha value is -1.21. The highest BCUT2D eigenvalue weighted by atomic mass is 35.5. The summed E-state index contributed by atoms with van der Waals surface area (Å²) in [6, 6.07) is 8.18. The van der Waals surface area contributed by atoms with Crippen LogP contribution in [-0.2, 0) is 9.53 Å². The summed E-state index contributed by atoms with van der Waals surface area (Å²) in [5.41, 5.74) is 0.817. The third-order valence-electron chi connectivity index (χ3n) is 5.72. The Morgan fingerprint density at radius 3 is 2.71 bits per heavy atom. The van der Waals surface area contributed by atoms with E-state index in [0.717, 1.165) is 57.7 Å². The average Bonchev–Trinajstić information content (AvgIpc) is 3.16. The summed E-state index contributed by atoms with van der Waals surface area (Å²) in [7, 11) is 3.37. The fraction of sp³-hybridized carbons (Fsp3) is 0.650. The Bertz CT molecular complexity index is 607. The molecule has 28 heavy (non-hydrogen) atoms. The van der Waals surface area contributed by atoms with Gasteiger partial charge in [-0.25, -0.2) is 0 Å². The van der Waals surface area contributed by atoms with Gasteiger partial charge in [-0.15, -0.1) is 24.8 Å².